The fraction of sp³-hybridized carbons (Fsp3) is 0.250. The van der Waals surface area contributed by atoms with Gasteiger partial charge in [-0.25, -0.2) is 4.39 Å². The maximum absolute atomic E-state index is 13.3. The molecule has 100 valence electrons. The Labute approximate surface area is 113 Å². The van der Waals surface area contributed by atoms with Crippen LogP contribution in [-0.2, 0) is 0 Å². The molecule has 19 heavy (non-hydrogen) atoms. The van der Waals surface area contributed by atoms with Crippen LogP contribution >= 0.6 is 0 Å². The number of hydrogen-bond acceptors (Lipinski definition) is 2. The lowest BCUT2D eigenvalue weighted by Gasteiger charge is -2.18. The molecule has 0 heterocycles. The van der Waals surface area contributed by atoms with Gasteiger partial charge in [0.15, 0.2) is 0 Å². The quantitative estimate of drug-likeness (QED) is 0.791. The minimum absolute atomic E-state index is 0.295. The first-order valence-electron chi connectivity index (χ1n) is 6.40. The Morgan fingerprint density at radius 2 is 1.89 bits per heavy atom. The van der Waals surface area contributed by atoms with Crippen molar-refractivity contribution < 1.29 is 4.39 Å². The molecule has 0 aliphatic carbocycles. The van der Waals surface area contributed by atoms with Gasteiger partial charge in [-0.3, -0.25) is 0 Å². The number of halogens is 1. The van der Waals surface area contributed by atoms with Gasteiger partial charge in [-0.2, -0.15) is 0 Å². The highest BCUT2D eigenvalue weighted by Crippen LogP contribution is 2.32. The van der Waals surface area contributed by atoms with Crippen LogP contribution in [0.5, 0.6) is 0 Å². The van der Waals surface area contributed by atoms with Crippen molar-refractivity contribution in [3.63, 3.8) is 0 Å². The smallest absolute Gasteiger partial charge is 0.125 e. The van der Waals surface area contributed by atoms with E-state index in [9.17, 15) is 4.39 Å². The lowest BCUT2D eigenvalue weighted by molar-refractivity contribution is 0.628. The number of aryl methyl sites for hydroxylation is 1. The molecule has 0 amide bonds. The van der Waals surface area contributed by atoms with Crippen molar-refractivity contribution in [2.45, 2.75) is 26.7 Å². The van der Waals surface area contributed by atoms with E-state index in [0.717, 1.165) is 11.3 Å². The summed E-state index contributed by atoms with van der Waals surface area (Å²) < 4.78 is 13.3. The second-order valence-electron chi connectivity index (χ2n) is 5.05. The predicted octanol–water partition coefficient (Wildman–Crippen LogP) is 4.58. The number of nitrogen functional groups attached to an aromatic ring is 1. The first-order valence-corrected chi connectivity index (χ1v) is 6.40. The molecule has 3 heteroatoms. The lowest BCUT2D eigenvalue weighted by atomic mass is 9.98. The monoisotopic (exact) mass is 258 g/mol. The standard InChI is InChI=1S/C16H19FN2/c1-10(2)13-6-4-5-11(3)16(13)19-15-9-12(17)7-8-14(15)18/h4-10,19H,18H2,1-3H3. The predicted molar refractivity (Wildman–Crippen MR) is 79.4 cm³/mol. The molecule has 0 spiro atoms. The van der Waals surface area contributed by atoms with E-state index in [0.29, 0.717) is 17.3 Å². The molecule has 2 aromatic carbocycles. The largest absolute Gasteiger partial charge is 0.397 e. The number of hydrogen-bond donors (Lipinski definition) is 2. The van der Waals surface area contributed by atoms with E-state index in [2.05, 4.69) is 25.2 Å². The van der Waals surface area contributed by atoms with E-state index < -0.39 is 0 Å². The zero-order valence-corrected chi connectivity index (χ0v) is 11.5. The lowest BCUT2D eigenvalue weighted by Crippen LogP contribution is -2.03. The number of para-hydroxylation sites is 1. The van der Waals surface area contributed by atoms with Gasteiger partial charge in [-0.1, -0.05) is 32.0 Å². The molecule has 0 aliphatic rings. The highest BCUT2D eigenvalue weighted by molar-refractivity contribution is 5.75. The normalized spacial score (nSPS) is 10.8. The first-order chi connectivity index (χ1) is 8.99. The molecule has 2 nitrogen and oxygen atoms in total. The molecule has 2 aromatic rings. The summed E-state index contributed by atoms with van der Waals surface area (Å²) in [6.07, 6.45) is 0. The van der Waals surface area contributed by atoms with Crippen molar-refractivity contribution in [1.82, 2.24) is 0 Å². The number of nitrogens with one attached hydrogen (secondary N) is 1. The Kier molecular flexibility index (Phi) is 3.74. The molecule has 2 rings (SSSR count). The minimum atomic E-state index is -0.295. The van der Waals surface area contributed by atoms with Crippen molar-refractivity contribution in [2.24, 2.45) is 0 Å². The van der Waals surface area contributed by atoms with Gasteiger partial charge in [0.25, 0.3) is 0 Å². The maximum atomic E-state index is 13.3. The van der Waals surface area contributed by atoms with E-state index in [1.54, 1.807) is 6.07 Å². The molecule has 0 aromatic heterocycles. The van der Waals surface area contributed by atoms with E-state index in [1.807, 2.05) is 19.1 Å². The Balaban J connectivity index is 2.46. The molecular weight excluding hydrogens is 239 g/mol. The van der Waals surface area contributed by atoms with Gasteiger partial charge in [0.1, 0.15) is 5.82 Å². The summed E-state index contributed by atoms with van der Waals surface area (Å²) in [5.41, 5.74) is 10.4. The summed E-state index contributed by atoms with van der Waals surface area (Å²) >= 11 is 0. The van der Waals surface area contributed by atoms with E-state index >= 15 is 0 Å². The summed E-state index contributed by atoms with van der Waals surface area (Å²) in [4.78, 5) is 0. The van der Waals surface area contributed by atoms with Gasteiger partial charge in [0.05, 0.1) is 11.4 Å². The van der Waals surface area contributed by atoms with Gasteiger partial charge >= 0.3 is 0 Å². The number of anilines is 3. The molecular formula is C16H19FN2. The SMILES string of the molecule is Cc1cccc(C(C)C)c1Nc1cc(F)ccc1N. The fourth-order valence-corrected chi connectivity index (χ4v) is 2.11. The molecule has 3 N–H and O–H groups in total. The summed E-state index contributed by atoms with van der Waals surface area (Å²) in [6.45, 7) is 6.30. The highest BCUT2D eigenvalue weighted by atomic mass is 19.1. The number of nitrogens with two attached hydrogens (primary N) is 1. The van der Waals surface area contributed by atoms with Crippen molar-refractivity contribution in [3.8, 4) is 0 Å². The number of benzene rings is 2. The van der Waals surface area contributed by atoms with Crippen LogP contribution in [-0.4, -0.2) is 0 Å². The van der Waals surface area contributed by atoms with E-state index in [4.69, 9.17) is 5.73 Å². The molecule has 0 bridgehead atoms. The van der Waals surface area contributed by atoms with Gasteiger partial charge in [0.2, 0.25) is 0 Å². The van der Waals surface area contributed by atoms with Crippen molar-refractivity contribution in [2.75, 3.05) is 11.1 Å². The van der Waals surface area contributed by atoms with Gasteiger partial charge < -0.3 is 11.1 Å². The van der Waals surface area contributed by atoms with Crippen LogP contribution in [0.4, 0.5) is 21.5 Å². The van der Waals surface area contributed by atoms with Crippen LogP contribution in [0, 0.1) is 12.7 Å². The van der Waals surface area contributed by atoms with Crippen molar-refractivity contribution in [1.29, 1.82) is 0 Å². The third-order valence-corrected chi connectivity index (χ3v) is 3.20. The average molecular weight is 258 g/mol. The summed E-state index contributed by atoms with van der Waals surface area (Å²) in [5.74, 6) is 0.0913. The molecule has 0 fully saturated rings. The van der Waals surface area contributed by atoms with Crippen LogP contribution in [0.15, 0.2) is 36.4 Å². The molecule has 0 radical (unpaired) electrons. The third kappa shape index (κ3) is 2.87. The molecule has 0 aliphatic heterocycles. The summed E-state index contributed by atoms with van der Waals surface area (Å²) in [6, 6.07) is 10.5. The van der Waals surface area contributed by atoms with Crippen LogP contribution in [0.25, 0.3) is 0 Å². The fourth-order valence-electron chi connectivity index (χ4n) is 2.11. The van der Waals surface area contributed by atoms with Crippen molar-refractivity contribution >= 4 is 17.1 Å². The third-order valence-electron chi connectivity index (χ3n) is 3.20. The zero-order valence-electron chi connectivity index (χ0n) is 11.5. The van der Waals surface area contributed by atoms with Crippen LogP contribution in [0.2, 0.25) is 0 Å². The maximum Gasteiger partial charge on any atom is 0.125 e. The van der Waals surface area contributed by atoms with Crippen LogP contribution in [0.1, 0.15) is 30.9 Å². The highest BCUT2D eigenvalue weighted by Gasteiger charge is 2.10. The molecule has 0 atom stereocenters. The van der Waals surface area contributed by atoms with E-state index in [1.165, 1.54) is 17.7 Å². The Morgan fingerprint density at radius 3 is 2.58 bits per heavy atom. The summed E-state index contributed by atoms with van der Waals surface area (Å²) in [5, 5.41) is 3.27. The second-order valence-corrected chi connectivity index (χ2v) is 5.05. The topological polar surface area (TPSA) is 38.0 Å². The zero-order chi connectivity index (χ0) is 14.0. The Morgan fingerprint density at radius 1 is 1.16 bits per heavy atom. The molecule has 0 saturated carbocycles. The first kappa shape index (κ1) is 13.4. The molecule has 0 unspecified atom stereocenters. The van der Waals surface area contributed by atoms with Gasteiger partial charge in [0, 0.05) is 5.69 Å². The summed E-state index contributed by atoms with van der Waals surface area (Å²) in [7, 11) is 0. The molecule has 0 saturated heterocycles. The minimum Gasteiger partial charge on any atom is -0.397 e. The second kappa shape index (κ2) is 5.31. The van der Waals surface area contributed by atoms with Gasteiger partial charge in [-0.05, 0) is 42.2 Å². The average Bonchev–Trinajstić information content (AvgIpc) is 2.35. The van der Waals surface area contributed by atoms with E-state index in [-0.39, 0.29) is 5.82 Å². The Bertz CT molecular complexity index is 591. The van der Waals surface area contributed by atoms with Crippen molar-refractivity contribution in [3.05, 3.63) is 53.3 Å². The number of rotatable bonds is 3. The van der Waals surface area contributed by atoms with Gasteiger partial charge in [-0.15, -0.1) is 0 Å². The van der Waals surface area contributed by atoms with Crippen LogP contribution in [0.3, 0.4) is 0 Å². The Hall–Kier alpha value is -2.03. The van der Waals surface area contributed by atoms with Crippen LogP contribution < -0.4 is 11.1 Å².